The van der Waals surface area contributed by atoms with Crippen LogP contribution in [0.1, 0.15) is 20.3 Å². The van der Waals surface area contributed by atoms with Crippen LogP contribution in [0, 0.1) is 12.0 Å². The Morgan fingerprint density at radius 1 is 1.53 bits per heavy atom. The smallest absolute Gasteiger partial charge is 0.411 e. The Hall–Kier alpha value is -2.15. The molecule has 1 aromatic carbocycles. The molecule has 0 spiro atoms. The summed E-state index contributed by atoms with van der Waals surface area (Å²) in [5.74, 6) is 3.15. The lowest BCUT2D eigenvalue weighted by Gasteiger charge is -2.18. The summed E-state index contributed by atoms with van der Waals surface area (Å²) in [5.41, 5.74) is 0.592. The van der Waals surface area contributed by atoms with E-state index in [0.29, 0.717) is 18.0 Å². The van der Waals surface area contributed by atoms with Gasteiger partial charge in [0.05, 0.1) is 5.69 Å². The molecule has 0 fully saturated rings. The van der Waals surface area contributed by atoms with Gasteiger partial charge >= 0.3 is 6.09 Å². The number of hydrogen-bond donors (Lipinski definition) is 1. The van der Waals surface area contributed by atoms with Crippen molar-refractivity contribution in [3.05, 3.63) is 24.3 Å². The third-order valence-electron chi connectivity index (χ3n) is 2.08. The molecule has 1 rings (SSSR count). The standard InChI is InChI=1S/C13H15NO3/c1-3-8-14(13(15)16)11-6-5-7-12(10-11)17-9-4-2/h5-7,10H,3,8H2,1-2H3,(H,15,16). The molecule has 0 atom stereocenters. The molecule has 0 aliphatic carbocycles. The normalized spacial score (nSPS) is 9.06. The fraction of sp³-hybridized carbons (Fsp3) is 0.308. The van der Waals surface area contributed by atoms with Crippen LogP contribution < -0.4 is 9.64 Å². The first-order chi connectivity index (χ1) is 8.19. The van der Waals surface area contributed by atoms with E-state index in [1.54, 1.807) is 31.2 Å². The maximum absolute atomic E-state index is 11.1. The number of anilines is 1. The Balaban J connectivity index is 2.93. The van der Waals surface area contributed by atoms with Crippen LogP contribution >= 0.6 is 0 Å². The number of amides is 1. The molecule has 4 nitrogen and oxygen atoms in total. The number of carboxylic acid groups (broad SMARTS) is 1. The molecule has 4 heteroatoms. The van der Waals surface area contributed by atoms with E-state index >= 15 is 0 Å². The van der Waals surface area contributed by atoms with Gasteiger partial charge in [0.1, 0.15) is 11.9 Å². The van der Waals surface area contributed by atoms with Crippen LogP contribution in [-0.2, 0) is 0 Å². The Labute approximate surface area is 101 Å². The van der Waals surface area contributed by atoms with E-state index in [9.17, 15) is 4.79 Å². The van der Waals surface area contributed by atoms with E-state index in [4.69, 9.17) is 9.84 Å². The number of carbonyl (C=O) groups is 1. The van der Waals surface area contributed by atoms with Gasteiger partial charge < -0.3 is 9.84 Å². The van der Waals surface area contributed by atoms with E-state index < -0.39 is 6.09 Å². The van der Waals surface area contributed by atoms with Crippen LogP contribution in [0.25, 0.3) is 0 Å². The van der Waals surface area contributed by atoms with Gasteiger partial charge in [0, 0.05) is 19.5 Å². The van der Waals surface area contributed by atoms with Crippen molar-refractivity contribution in [2.75, 3.05) is 11.4 Å². The van der Waals surface area contributed by atoms with Crippen LogP contribution in [0.4, 0.5) is 10.5 Å². The quantitative estimate of drug-likeness (QED) is 0.813. The molecule has 0 saturated carbocycles. The van der Waals surface area contributed by atoms with Gasteiger partial charge in [0.15, 0.2) is 0 Å². The largest absolute Gasteiger partial charge is 0.465 e. The molecule has 90 valence electrons. The minimum Gasteiger partial charge on any atom is -0.465 e. The molecule has 1 N–H and O–H groups in total. The van der Waals surface area contributed by atoms with Gasteiger partial charge in [-0.15, -0.1) is 0 Å². The monoisotopic (exact) mass is 233 g/mol. The number of ether oxygens (including phenoxy) is 1. The van der Waals surface area contributed by atoms with Gasteiger partial charge in [-0.1, -0.05) is 18.9 Å². The van der Waals surface area contributed by atoms with Crippen LogP contribution in [0.5, 0.6) is 5.75 Å². The fourth-order valence-corrected chi connectivity index (χ4v) is 1.38. The van der Waals surface area contributed by atoms with Gasteiger partial charge in [-0.05, 0) is 18.6 Å². The predicted molar refractivity (Wildman–Crippen MR) is 66.2 cm³/mol. The van der Waals surface area contributed by atoms with Crippen molar-refractivity contribution in [1.82, 2.24) is 0 Å². The molecule has 17 heavy (non-hydrogen) atoms. The van der Waals surface area contributed by atoms with E-state index in [-0.39, 0.29) is 0 Å². The molecular formula is C13H15NO3. The van der Waals surface area contributed by atoms with Crippen LogP contribution in [0.2, 0.25) is 0 Å². The highest BCUT2D eigenvalue weighted by Gasteiger charge is 2.13. The molecule has 0 radical (unpaired) electrons. The van der Waals surface area contributed by atoms with Crippen LogP contribution in [0.15, 0.2) is 24.3 Å². The van der Waals surface area contributed by atoms with Crippen molar-refractivity contribution < 1.29 is 14.6 Å². The zero-order valence-electron chi connectivity index (χ0n) is 9.93. The highest BCUT2D eigenvalue weighted by atomic mass is 16.5. The van der Waals surface area contributed by atoms with Crippen LogP contribution in [-0.4, -0.2) is 17.7 Å². The molecule has 0 bridgehead atoms. The van der Waals surface area contributed by atoms with Crippen LogP contribution in [0.3, 0.4) is 0 Å². The summed E-state index contributed by atoms with van der Waals surface area (Å²) in [7, 11) is 0. The molecule has 0 aliphatic heterocycles. The lowest BCUT2D eigenvalue weighted by molar-refractivity contribution is 0.202. The topological polar surface area (TPSA) is 49.8 Å². The molecule has 1 amide bonds. The van der Waals surface area contributed by atoms with Gasteiger partial charge in [0.25, 0.3) is 0 Å². The minimum absolute atomic E-state index is 0.457. The minimum atomic E-state index is -0.967. The first kappa shape index (κ1) is 12.9. The van der Waals surface area contributed by atoms with Gasteiger partial charge in [-0.2, -0.15) is 0 Å². The second kappa shape index (κ2) is 6.44. The summed E-state index contributed by atoms with van der Waals surface area (Å²) in [5, 5.41) is 9.08. The Bertz CT molecular complexity index is 445. The third kappa shape index (κ3) is 3.72. The van der Waals surface area contributed by atoms with Crippen molar-refractivity contribution in [3.8, 4) is 17.8 Å². The number of benzene rings is 1. The van der Waals surface area contributed by atoms with Crippen molar-refractivity contribution in [1.29, 1.82) is 0 Å². The molecule has 0 heterocycles. The maximum atomic E-state index is 11.1. The van der Waals surface area contributed by atoms with E-state index in [2.05, 4.69) is 12.0 Å². The van der Waals surface area contributed by atoms with E-state index in [1.807, 2.05) is 6.92 Å². The van der Waals surface area contributed by atoms with E-state index in [1.165, 1.54) is 4.90 Å². The van der Waals surface area contributed by atoms with Crippen molar-refractivity contribution in [2.24, 2.45) is 0 Å². The summed E-state index contributed by atoms with van der Waals surface area (Å²) in [6.07, 6.45) is 2.27. The predicted octanol–water partition coefficient (Wildman–Crippen LogP) is 2.94. The molecule has 0 unspecified atom stereocenters. The molecule has 0 aromatic heterocycles. The Morgan fingerprint density at radius 2 is 2.29 bits per heavy atom. The molecule has 1 aromatic rings. The summed E-state index contributed by atoms with van der Waals surface area (Å²) in [6.45, 7) is 4.06. The second-order valence-corrected chi connectivity index (χ2v) is 3.39. The maximum Gasteiger partial charge on any atom is 0.411 e. The second-order valence-electron chi connectivity index (χ2n) is 3.39. The number of hydrogen-bond acceptors (Lipinski definition) is 2. The van der Waals surface area contributed by atoms with Gasteiger partial charge in [-0.25, -0.2) is 4.79 Å². The summed E-state index contributed by atoms with van der Waals surface area (Å²) in [4.78, 5) is 12.4. The average Bonchev–Trinajstić information content (AvgIpc) is 2.33. The lowest BCUT2D eigenvalue weighted by Crippen LogP contribution is -2.29. The Morgan fingerprint density at radius 3 is 2.88 bits per heavy atom. The average molecular weight is 233 g/mol. The highest BCUT2D eigenvalue weighted by molar-refractivity contribution is 5.86. The molecule has 0 aliphatic rings. The fourth-order valence-electron chi connectivity index (χ4n) is 1.38. The molecular weight excluding hydrogens is 218 g/mol. The first-order valence-corrected chi connectivity index (χ1v) is 5.38. The summed E-state index contributed by atoms with van der Waals surface area (Å²) in [6, 6.07) is 6.87. The van der Waals surface area contributed by atoms with Gasteiger partial charge in [-0.3, -0.25) is 4.90 Å². The third-order valence-corrected chi connectivity index (χ3v) is 2.08. The van der Waals surface area contributed by atoms with Gasteiger partial charge in [0.2, 0.25) is 0 Å². The van der Waals surface area contributed by atoms with Crippen molar-refractivity contribution in [2.45, 2.75) is 20.3 Å². The summed E-state index contributed by atoms with van der Waals surface area (Å²) < 4.78 is 5.12. The summed E-state index contributed by atoms with van der Waals surface area (Å²) >= 11 is 0. The van der Waals surface area contributed by atoms with E-state index in [0.717, 1.165) is 6.42 Å². The zero-order valence-corrected chi connectivity index (χ0v) is 9.93. The highest BCUT2D eigenvalue weighted by Crippen LogP contribution is 2.21. The zero-order chi connectivity index (χ0) is 12.7. The number of rotatable bonds is 4. The number of nitrogens with zero attached hydrogens (tertiary/aromatic N) is 1. The Kier molecular flexibility index (Phi) is 4.89. The van der Waals surface area contributed by atoms with Crippen molar-refractivity contribution in [3.63, 3.8) is 0 Å². The SMILES string of the molecule is CC#COc1cccc(N(CCC)C(=O)O)c1. The van der Waals surface area contributed by atoms with Crippen molar-refractivity contribution >= 4 is 11.8 Å². The lowest BCUT2D eigenvalue weighted by atomic mass is 10.2. The first-order valence-electron chi connectivity index (χ1n) is 5.38. The molecule has 0 saturated heterocycles.